The number of halogens is 2. The van der Waals surface area contributed by atoms with Crippen molar-refractivity contribution in [1.29, 1.82) is 0 Å². The average molecular weight is 401 g/mol. The van der Waals surface area contributed by atoms with Crippen molar-refractivity contribution in [2.24, 2.45) is 0 Å². The van der Waals surface area contributed by atoms with E-state index in [1.165, 1.54) is 6.07 Å². The molecule has 0 N–H and O–H groups in total. The number of hydrogen-bond donors (Lipinski definition) is 0. The van der Waals surface area contributed by atoms with Gasteiger partial charge in [0.15, 0.2) is 0 Å². The summed E-state index contributed by atoms with van der Waals surface area (Å²) in [6, 6.07) is 10.5. The number of benzene rings is 2. The first kappa shape index (κ1) is 15.0. The molecular formula is C14H11Br2NO3. The topological polar surface area (TPSA) is 52.4 Å². The van der Waals surface area contributed by atoms with Crippen LogP contribution in [0.1, 0.15) is 11.1 Å². The molecule has 0 atom stereocenters. The summed E-state index contributed by atoms with van der Waals surface area (Å²) in [5.41, 5.74) is 2.10. The number of hydrogen-bond acceptors (Lipinski definition) is 3. The van der Waals surface area contributed by atoms with Gasteiger partial charge in [-0.1, -0.05) is 34.1 Å². The van der Waals surface area contributed by atoms with Crippen LogP contribution in [0.2, 0.25) is 0 Å². The van der Waals surface area contributed by atoms with Crippen LogP contribution >= 0.6 is 31.9 Å². The molecule has 0 aromatic heterocycles. The van der Waals surface area contributed by atoms with E-state index in [2.05, 4.69) is 31.9 Å². The third kappa shape index (κ3) is 3.19. The maximum absolute atomic E-state index is 10.9. The van der Waals surface area contributed by atoms with Gasteiger partial charge in [0.2, 0.25) is 0 Å². The van der Waals surface area contributed by atoms with E-state index in [1.54, 1.807) is 12.1 Å². The molecule has 0 unspecified atom stereocenters. The van der Waals surface area contributed by atoms with Gasteiger partial charge in [0.1, 0.15) is 16.0 Å². The minimum absolute atomic E-state index is 0.0165. The Morgan fingerprint density at radius 1 is 1.25 bits per heavy atom. The summed E-state index contributed by atoms with van der Waals surface area (Å²) >= 11 is 6.61. The number of nitro benzene ring substituents is 1. The van der Waals surface area contributed by atoms with E-state index < -0.39 is 4.92 Å². The fourth-order valence-corrected chi connectivity index (χ4v) is 2.59. The Morgan fingerprint density at radius 3 is 2.60 bits per heavy atom. The molecule has 104 valence electrons. The van der Waals surface area contributed by atoms with Crippen LogP contribution in [-0.2, 0) is 5.33 Å². The largest absolute Gasteiger partial charge is 0.456 e. The van der Waals surface area contributed by atoms with Crippen LogP contribution in [0.3, 0.4) is 0 Å². The Bertz CT molecular complexity index is 659. The molecule has 6 heteroatoms. The van der Waals surface area contributed by atoms with Crippen molar-refractivity contribution in [2.45, 2.75) is 12.3 Å². The van der Waals surface area contributed by atoms with Gasteiger partial charge < -0.3 is 4.74 Å². The highest BCUT2D eigenvalue weighted by Gasteiger charge is 2.16. The zero-order chi connectivity index (χ0) is 14.7. The molecule has 0 spiro atoms. The third-order valence-corrected chi connectivity index (χ3v) is 4.20. The summed E-state index contributed by atoms with van der Waals surface area (Å²) in [4.78, 5) is 10.4. The molecule has 0 fully saturated rings. The second-order valence-corrected chi connectivity index (χ2v) is 5.54. The van der Waals surface area contributed by atoms with E-state index >= 15 is 0 Å². The van der Waals surface area contributed by atoms with Crippen LogP contribution in [0.5, 0.6) is 11.5 Å². The summed E-state index contributed by atoms with van der Waals surface area (Å²) in [5.74, 6) is 1.10. The van der Waals surface area contributed by atoms with E-state index in [-0.39, 0.29) is 5.69 Å². The summed E-state index contributed by atoms with van der Waals surface area (Å²) in [6.45, 7) is 1.94. The van der Waals surface area contributed by atoms with Gasteiger partial charge >= 0.3 is 0 Å². The zero-order valence-electron chi connectivity index (χ0n) is 10.6. The Kier molecular flexibility index (Phi) is 4.77. The maximum Gasteiger partial charge on any atom is 0.287 e. The molecular weight excluding hydrogens is 390 g/mol. The summed E-state index contributed by atoms with van der Waals surface area (Å²) in [6.07, 6.45) is 0. The Labute approximate surface area is 133 Å². The highest BCUT2D eigenvalue weighted by molar-refractivity contribution is 9.10. The maximum atomic E-state index is 10.9. The van der Waals surface area contributed by atoms with Gasteiger partial charge in [-0.3, -0.25) is 10.1 Å². The minimum Gasteiger partial charge on any atom is -0.456 e. The number of rotatable bonds is 4. The van der Waals surface area contributed by atoms with Crippen LogP contribution in [0.25, 0.3) is 0 Å². The molecule has 4 nitrogen and oxygen atoms in total. The first-order valence-corrected chi connectivity index (χ1v) is 7.70. The number of aryl methyl sites for hydroxylation is 1. The molecule has 0 saturated carbocycles. The van der Waals surface area contributed by atoms with Crippen LogP contribution in [0, 0.1) is 17.0 Å². The lowest BCUT2D eigenvalue weighted by atomic mass is 10.1. The van der Waals surface area contributed by atoms with Gasteiger partial charge in [0.25, 0.3) is 5.69 Å². The first-order valence-electron chi connectivity index (χ1n) is 5.79. The van der Waals surface area contributed by atoms with E-state index in [1.807, 2.05) is 25.1 Å². The minimum atomic E-state index is -0.447. The molecule has 0 amide bonds. The second kappa shape index (κ2) is 6.37. The molecule has 2 rings (SSSR count). The van der Waals surface area contributed by atoms with Gasteiger partial charge in [-0.25, -0.2) is 0 Å². The van der Waals surface area contributed by atoms with Crippen LogP contribution in [0.15, 0.2) is 40.9 Å². The van der Waals surface area contributed by atoms with Crippen LogP contribution in [0.4, 0.5) is 5.69 Å². The molecule has 2 aromatic rings. The lowest BCUT2D eigenvalue weighted by Gasteiger charge is -2.11. The molecule has 0 aliphatic carbocycles. The predicted octanol–water partition coefficient (Wildman–Crippen LogP) is 5.35. The zero-order valence-corrected chi connectivity index (χ0v) is 13.8. The molecule has 0 heterocycles. The summed E-state index contributed by atoms with van der Waals surface area (Å²) < 4.78 is 6.11. The molecule has 0 aliphatic heterocycles. The van der Waals surface area contributed by atoms with Gasteiger partial charge in [0, 0.05) is 11.4 Å². The monoisotopic (exact) mass is 399 g/mol. The van der Waals surface area contributed by atoms with Crippen molar-refractivity contribution in [3.8, 4) is 11.5 Å². The number of nitro groups is 1. The smallest absolute Gasteiger partial charge is 0.287 e. The highest BCUT2D eigenvalue weighted by atomic mass is 79.9. The molecule has 0 aliphatic rings. The van der Waals surface area contributed by atoms with Crippen LogP contribution in [-0.4, -0.2) is 4.92 Å². The summed E-state index contributed by atoms with van der Waals surface area (Å²) in [5, 5.41) is 11.7. The number of alkyl halides is 1. The van der Waals surface area contributed by atoms with Gasteiger partial charge in [0.05, 0.1) is 4.92 Å². The molecule has 20 heavy (non-hydrogen) atoms. The molecule has 2 aromatic carbocycles. The van der Waals surface area contributed by atoms with Crippen molar-refractivity contribution >= 4 is 37.5 Å². The van der Waals surface area contributed by atoms with Gasteiger partial charge in [-0.2, -0.15) is 0 Å². The standard InChI is InChI=1S/C14H11Br2NO3/c1-9-7-10(8-15)5-6-12(9)20-13-4-2-3-11(14(13)16)17(18)19/h2-7H,8H2,1H3. The van der Waals surface area contributed by atoms with E-state index in [0.717, 1.165) is 16.5 Å². The third-order valence-electron chi connectivity index (χ3n) is 2.75. The molecule has 0 saturated heterocycles. The first-order chi connectivity index (χ1) is 9.52. The van der Waals surface area contributed by atoms with Gasteiger partial charge in [-0.15, -0.1) is 0 Å². The molecule has 0 radical (unpaired) electrons. The SMILES string of the molecule is Cc1cc(CBr)ccc1Oc1cccc([N+](=O)[O-])c1Br. The van der Waals surface area contributed by atoms with Crippen molar-refractivity contribution < 1.29 is 9.66 Å². The highest BCUT2D eigenvalue weighted by Crippen LogP contribution is 2.37. The van der Waals surface area contributed by atoms with E-state index in [0.29, 0.717) is 16.0 Å². The van der Waals surface area contributed by atoms with Crippen molar-refractivity contribution in [1.82, 2.24) is 0 Å². The Morgan fingerprint density at radius 2 is 2.00 bits per heavy atom. The number of ether oxygens (including phenoxy) is 1. The van der Waals surface area contributed by atoms with Gasteiger partial charge in [-0.05, 0) is 46.1 Å². The van der Waals surface area contributed by atoms with Crippen molar-refractivity contribution in [3.63, 3.8) is 0 Å². The fourth-order valence-electron chi connectivity index (χ4n) is 1.75. The van der Waals surface area contributed by atoms with Crippen molar-refractivity contribution in [2.75, 3.05) is 0 Å². The van der Waals surface area contributed by atoms with E-state index in [4.69, 9.17) is 4.74 Å². The van der Waals surface area contributed by atoms with Crippen molar-refractivity contribution in [3.05, 3.63) is 62.1 Å². The fraction of sp³-hybridized carbons (Fsp3) is 0.143. The molecule has 0 bridgehead atoms. The predicted molar refractivity (Wildman–Crippen MR) is 84.7 cm³/mol. The normalized spacial score (nSPS) is 10.3. The Balaban J connectivity index is 2.35. The second-order valence-electron chi connectivity index (χ2n) is 4.18. The summed E-state index contributed by atoms with van der Waals surface area (Å²) in [7, 11) is 0. The lowest BCUT2D eigenvalue weighted by Crippen LogP contribution is -1.93. The van der Waals surface area contributed by atoms with E-state index in [9.17, 15) is 10.1 Å². The quantitative estimate of drug-likeness (QED) is 0.394. The Hall–Kier alpha value is -1.40. The van der Waals surface area contributed by atoms with Crippen LogP contribution < -0.4 is 4.74 Å². The lowest BCUT2D eigenvalue weighted by molar-refractivity contribution is -0.385. The number of nitrogens with zero attached hydrogens (tertiary/aromatic N) is 1. The average Bonchev–Trinajstić information content (AvgIpc) is 2.42.